The van der Waals surface area contributed by atoms with Crippen molar-refractivity contribution in [3.05, 3.63) is 73.0 Å². The van der Waals surface area contributed by atoms with Crippen molar-refractivity contribution in [2.45, 2.75) is 50.6 Å². The van der Waals surface area contributed by atoms with Crippen LogP contribution in [0.25, 0.3) is 10.9 Å². The molecule has 1 unspecified atom stereocenters. The molecule has 1 saturated heterocycles. The van der Waals surface area contributed by atoms with Crippen LogP contribution in [0.15, 0.2) is 44.7 Å². The average molecular weight is 421 g/mol. The van der Waals surface area contributed by atoms with Crippen molar-refractivity contribution >= 4 is 16.8 Å². The first-order chi connectivity index (χ1) is 15.0. The number of amides is 1. The van der Waals surface area contributed by atoms with E-state index in [1.54, 1.807) is 15.5 Å². The first-order valence-electron chi connectivity index (χ1n) is 10.7. The van der Waals surface area contributed by atoms with Gasteiger partial charge in [0.1, 0.15) is 11.5 Å². The molecule has 0 spiro atoms. The van der Waals surface area contributed by atoms with E-state index >= 15 is 0 Å². The zero-order valence-electron chi connectivity index (χ0n) is 17.0. The number of hydrogen-bond acceptors (Lipinski definition) is 5. The number of para-hydroxylation sites is 1. The second-order valence-corrected chi connectivity index (χ2v) is 8.26. The van der Waals surface area contributed by atoms with Crippen LogP contribution >= 0.6 is 0 Å². The molecular formula is C22H23N5O4. The summed E-state index contributed by atoms with van der Waals surface area (Å²) in [6.07, 6.45) is 5.35. The summed E-state index contributed by atoms with van der Waals surface area (Å²) in [6.45, 7) is 0.464. The van der Waals surface area contributed by atoms with Crippen molar-refractivity contribution in [2.75, 3.05) is 6.54 Å². The molecule has 2 aliphatic rings. The molecule has 1 saturated carbocycles. The molecule has 2 fully saturated rings. The molecule has 9 nitrogen and oxygen atoms in total. The van der Waals surface area contributed by atoms with E-state index in [0.29, 0.717) is 29.7 Å². The molecule has 5 rings (SSSR count). The van der Waals surface area contributed by atoms with Crippen LogP contribution in [0.3, 0.4) is 0 Å². The summed E-state index contributed by atoms with van der Waals surface area (Å²) in [6, 6.07) is 8.05. The second kappa shape index (κ2) is 7.64. The maximum atomic E-state index is 13.5. The molecule has 0 bridgehead atoms. The van der Waals surface area contributed by atoms with Crippen LogP contribution in [0.5, 0.6) is 0 Å². The molecule has 1 amide bonds. The van der Waals surface area contributed by atoms with Crippen LogP contribution in [0.1, 0.15) is 66.9 Å². The summed E-state index contributed by atoms with van der Waals surface area (Å²) >= 11 is 0. The number of carbonyl (C=O) groups excluding carboxylic acids is 1. The van der Waals surface area contributed by atoms with E-state index < -0.39 is 23.2 Å². The van der Waals surface area contributed by atoms with Gasteiger partial charge in [-0.25, -0.2) is 9.78 Å². The number of nitrogens with zero attached hydrogens (tertiary/aromatic N) is 3. The standard InChI is InChI=1S/C22H23N5O4/c28-18-12-16(24-22(31)25-18)21(30)26-11-5-10-17(26)19-23-15-9-4-3-8-14(15)20(29)27(19)13-6-1-2-7-13/h3-4,8-9,12-13,17H,1-2,5-7,10-11H2,(H2,24,25,28,31). The Kier molecular flexibility index (Phi) is 4.80. The molecular weight excluding hydrogens is 398 g/mol. The Bertz CT molecular complexity index is 1300. The number of aromatic amines is 2. The molecule has 2 aromatic heterocycles. The maximum Gasteiger partial charge on any atom is 0.326 e. The first kappa shape index (κ1) is 19.5. The van der Waals surface area contributed by atoms with Gasteiger partial charge < -0.3 is 9.88 Å². The highest BCUT2D eigenvalue weighted by Gasteiger charge is 2.36. The number of benzene rings is 1. The van der Waals surface area contributed by atoms with E-state index in [4.69, 9.17) is 4.98 Å². The first-order valence-corrected chi connectivity index (χ1v) is 10.7. The Balaban J connectivity index is 1.64. The minimum Gasteiger partial charge on any atom is -0.327 e. The van der Waals surface area contributed by atoms with Gasteiger partial charge in [-0.05, 0) is 37.8 Å². The van der Waals surface area contributed by atoms with Crippen molar-refractivity contribution in [1.29, 1.82) is 0 Å². The number of carbonyl (C=O) groups is 1. The monoisotopic (exact) mass is 421 g/mol. The molecule has 1 aliphatic carbocycles. The van der Waals surface area contributed by atoms with E-state index in [1.165, 1.54) is 0 Å². The molecule has 0 radical (unpaired) electrons. The minimum atomic E-state index is -0.724. The highest BCUT2D eigenvalue weighted by atomic mass is 16.2. The lowest BCUT2D eigenvalue weighted by Crippen LogP contribution is -2.38. The number of fused-ring (bicyclic) bond motifs is 1. The third-order valence-electron chi connectivity index (χ3n) is 6.33. The van der Waals surface area contributed by atoms with E-state index in [9.17, 15) is 19.2 Å². The molecule has 9 heteroatoms. The third kappa shape index (κ3) is 3.39. The number of rotatable bonds is 3. The van der Waals surface area contributed by atoms with Gasteiger partial charge in [-0.2, -0.15) is 0 Å². The van der Waals surface area contributed by atoms with Gasteiger partial charge in [-0.3, -0.25) is 23.9 Å². The highest BCUT2D eigenvalue weighted by molar-refractivity contribution is 5.92. The Labute approximate surface area is 176 Å². The van der Waals surface area contributed by atoms with Crippen molar-refractivity contribution in [2.24, 2.45) is 0 Å². The largest absolute Gasteiger partial charge is 0.327 e. The van der Waals surface area contributed by atoms with E-state index in [2.05, 4.69) is 9.97 Å². The van der Waals surface area contributed by atoms with Crippen molar-refractivity contribution < 1.29 is 4.79 Å². The van der Waals surface area contributed by atoms with Crippen molar-refractivity contribution in [3.63, 3.8) is 0 Å². The minimum absolute atomic E-state index is 0.0591. The molecule has 1 aliphatic heterocycles. The lowest BCUT2D eigenvalue weighted by Gasteiger charge is -2.28. The Morgan fingerprint density at radius 1 is 1.00 bits per heavy atom. The fourth-order valence-electron chi connectivity index (χ4n) is 4.93. The lowest BCUT2D eigenvalue weighted by molar-refractivity contribution is 0.0718. The Morgan fingerprint density at radius 2 is 1.77 bits per heavy atom. The van der Waals surface area contributed by atoms with Crippen LogP contribution in [0.4, 0.5) is 0 Å². The normalized spacial score (nSPS) is 19.4. The summed E-state index contributed by atoms with van der Waals surface area (Å²) in [4.78, 5) is 61.0. The van der Waals surface area contributed by atoms with E-state index in [0.717, 1.165) is 38.2 Å². The van der Waals surface area contributed by atoms with E-state index in [-0.39, 0.29) is 17.3 Å². The SMILES string of the molecule is O=C(c1cc(=O)[nH]c(=O)[nH]1)N1CCCC1c1nc2ccccc2c(=O)n1C1CCCC1. The number of hydrogen-bond donors (Lipinski definition) is 2. The number of likely N-dealkylation sites (tertiary alicyclic amines) is 1. The van der Waals surface area contributed by atoms with Crippen LogP contribution in [0, 0.1) is 0 Å². The van der Waals surface area contributed by atoms with Crippen LogP contribution < -0.4 is 16.8 Å². The lowest BCUT2D eigenvalue weighted by atomic mass is 10.1. The predicted molar refractivity (Wildman–Crippen MR) is 114 cm³/mol. The molecule has 3 heterocycles. The van der Waals surface area contributed by atoms with Gasteiger partial charge in [0.2, 0.25) is 0 Å². The van der Waals surface area contributed by atoms with Gasteiger partial charge in [0, 0.05) is 18.7 Å². The molecule has 1 atom stereocenters. The van der Waals surface area contributed by atoms with Crippen molar-refractivity contribution in [1.82, 2.24) is 24.4 Å². The predicted octanol–water partition coefficient (Wildman–Crippen LogP) is 1.87. The fourth-order valence-corrected chi connectivity index (χ4v) is 4.93. The van der Waals surface area contributed by atoms with E-state index in [1.807, 2.05) is 18.2 Å². The summed E-state index contributed by atoms with van der Waals surface area (Å²) in [5.41, 5.74) is -0.874. The van der Waals surface area contributed by atoms with Gasteiger partial charge in [-0.1, -0.05) is 25.0 Å². The summed E-state index contributed by atoms with van der Waals surface area (Å²) in [7, 11) is 0. The zero-order valence-corrected chi connectivity index (χ0v) is 17.0. The molecule has 2 N–H and O–H groups in total. The average Bonchev–Trinajstić information content (AvgIpc) is 3.44. The summed E-state index contributed by atoms with van der Waals surface area (Å²) < 4.78 is 1.80. The van der Waals surface area contributed by atoms with Crippen LogP contribution in [-0.4, -0.2) is 36.9 Å². The second-order valence-electron chi connectivity index (χ2n) is 8.26. The number of nitrogens with one attached hydrogen (secondary N) is 2. The molecule has 1 aromatic carbocycles. The molecule has 160 valence electrons. The van der Waals surface area contributed by atoms with Crippen LogP contribution in [0.2, 0.25) is 0 Å². The van der Waals surface area contributed by atoms with Gasteiger partial charge in [0.05, 0.1) is 16.9 Å². The zero-order chi connectivity index (χ0) is 21.5. The Hall–Kier alpha value is -3.49. The smallest absolute Gasteiger partial charge is 0.326 e. The quantitative estimate of drug-likeness (QED) is 0.669. The Morgan fingerprint density at radius 3 is 2.55 bits per heavy atom. The highest BCUT2D eigenvalue weighted by Crippen LogP contribution is 2.36. The van der Waals surface area contributed by atoms with Gasteiger partial charge >= 0.3 is 5.69 Å². The summed E-state index contributed by atoms with van der Waals surface area (Å²) in [5, 5.41) is 0.577. The maximum absolute atomic E-state index is 13.5. The molecule has 3 aromatic rings. The fraction of sp³-hybridized carbons (Fsp3) is 0.409. The number of aromatic nitrogens is 4. The van der Waals surface area contributed by atoms with Gasteiger partial charge in [-0.15, -0.1) is 0 Å². The summed E-state index contributed by atoms with van der Waals surface area (Å²) in [5.74, 6) is 0.153. The molecule has 31 heavy (non-hydrogen) atoms. The van der Waals surface area contributed by atoms with Crippen LogP contribution in [-0.2, 0) is 0 Å². The number of H-pyrrole nitrogens is 2. The van der Waals surface area contributed by atoms with Gasteiger partial charge in [0.25, 0.3) is 17.0 Å². The topological polar surface area (TPSA) is 121 Å². The van der Waals surface area contributed by atoms with Gasteiger partial charge in [0.15, 0.2) is 0 Å². The third-order valence-corrected chi connectivity index (χ3v) is 6.33. The van der Waals surface area contributed by atoms with Crippen molar-refractivity contribution in [3.8, 4) is 0 Å².